The molecule has 2 unspecified atom stereocenters. The molecule has 2 atom stereocenters. The van der Waals surface area contributed by atoms with Crippen LogP contribution in [-0.2, 0) is 11.3 Å². The predicted molar refractivity (Wildman–Crippen MR) is 71.1 cm³/mol. The molecule has 19 heavy (non-hydrogen) atoms. The third-order valence-corrected chi connectivity index (χ3v) is 3.26. The number of benzene rings is 1. The topological polar surface area (TPSA) is 49.8 Å². The van der Waals surface area contributed by atoms with Crippen molar-refractivity contribution in [2.45, 2.75) is 19.1 Å². The number of nitrogens with zero attached hydrogens (tertiary/aromatic N) is 1. The summed E-state index contributed by atoms with van der Waals surface area (Å²) in [7, 11) is 0. The Morgan fingerprint density at radius 1 is 1.47 bits per heavy atom. The third kappa shape index (κ3) is 3.49. The SMILES string of the molecule is C#CC1CCN(C(=O)OCc2ccccc2)CC1O. The maximum Gasteiger partial charge on any atom is 0.410 e. The molecular formula is C15H17NO3. The molecule has 0 aromatic heterocycles. The Kier molecular flexibility index (Phi) is 4.43. The molecule has 0 spiro atoms. The number of piperidine rings is 1. The van der Waals surface area contributed by atoms with Gasteiger partial charge in [-0.1, -0.05) is 30.3 Å². The van der Waals surface area contributed by atoms with E-state index in [0.717, 1.165) is 5.56 Å². The van der Waals surface area contributed by atoms with Crippen molar-refractivity contribution in [3.63, 3.8) is 0 Å². The lowest BCUT2D eigenvalue weighted by Crippen LogP contribution is -2.46. The molecule has 0 aliphatic carbocycles. The van der Waals surface area contributed by atoms with Gasteiger partial charge in [0.15, 0.2) is 0 Å². The maximum atomic E-state index is 11.9. The molecule has 1 N–H and O–H groups in total. The van der Waals surface area contributed by atoms with Crippen LogP contribution in [0.25, 0.3) is 0 Å². The zero-order chi connectivity index (χ0) is 13.7. The molecule has 0 radical (unpaired) electrons. The minimum atomic E-state index is -0.664. The summed E-state index contributed by atoms with van der Waals surface area (Å²) in [5, 5.41) is 9.78. The molecule has 1 aliphatic heterocycles. The summed E-state index contributed by atoms with van der Waals surface area (Å²) in [6.45, 7) is 1.01. The van der Waals surface area contributed by atoms with Crippen molar-refractivity contribution >= 4 is 6.09 Å². The Morgan fingerprint density at radius 2 is 2.21 bits per heavy atom. The number of terminal acetylenes is 1. The van der Waals surface area contributed by atoms with Crippen molar-refractivity contribution < 1.29 is 14.6 Å². The number of likely N-dealkylation sites (tertiary alicyclic amines) is 1. The number of aliphatic hydroxyl groups excluding tert-OH is 1. The first-order chi connectivity index (χ1) is 9.20. The molecule has 1 amide bonds. The van der Waals surface area contributed by atoms with Crippen LogP contribution in [0.2, 0.25) is 0 Å². The van der Waals surface area contributed by atoms with Crippen LogP contribution in [0.15, 0.2) is 30.3 Å². The van der Waals surface area contributed by atoms with Crippen LogP contribution < -0.4 is 0 Å². The highest BCUT2D eigenvalue weighted by Crippen LogP contribution is 2.17. The van der Waals surface area contributed by atoms with Crippen LogP contribution in [0, 0.1) is 18.3 Å². The fraction of sp³-hybridized carbons (Fsp3) is 0.400. The van der Waals surface area contributed by atoms with Crippen LogP contribution in [0.5, 0.6) is 0 Å². The van der Waals surface area contributed by atoms with Crippen molar-refractivity contribution in [1.29, 1.82) is 0 Å². The lowest BCUT2D eigenvalue weighted by atomic mass is 9.95. The molecule has 2 rings (SSSR count). The number of amides is 1. The predicted octanol–water partition coefficient (Wildman–Crippen LogP) is 1.64. The van der Waals surface area contributed by atoms with E-state index in [-0.39, 0.29) is 19.1 Å². The Morgan fingerprint density at radius 3 is 2.84 bits per heavy atom. The van der Waals surface area contributed by atoms with Gasteiger partial charge in [-0.25, -0.2) is 4.79 Å². The standard InChI is InChI=1S/C15H17NO3/c1-2-13-8-9-16(10-14(13)17)15(18)19-11-12-6-4-3-5-7-12/h1,3-7,13-14,17H,8-11H2. The first kappa shape index (κ1) is 13.4. The summed E-state index contributed by atoms with van der Waals surface area (Å²) < 4.78 is 5.21. The van der Waals surface area contributed by atoms with E-state index in [1.165, 1.54) is 4.90 Å². The average molecular weight is 259 g/mol. The van der Waals surface area contributed by atoms with Crippen molar-refractivity contribution in [3.05, 3.63) is 35.9 Å². The Balaban J connectivity index is 1.83. The molecule has 1 fully saturated rings. The zero-order valence-electron chi connectivity index (χ0n) is 10.7. The number of ether oxygens (including phenoxy) is 1. The number of carbonyl (C=O) groups is 1. The van der Waals surface area contributed by atoms with E-state index in [0.29, 0.717) is 13.0 Å². The number of aliphatic hydroxyl groups is 1. The van der Waals surface area contributed by atoms with E-state index in [4.69, 9.17) is 11.2 Å². The minimum absolute atomic E-state index is 0.168. The van der Waals surface area contributed by atoms with Crippen LogP contribution in [0.4, 0.5) is 4.79 Å². The van der Waals surface area contributed by atoms with E-state index < -0.39 is 12.2 Å². The minimum Gasteiger partial charge on any atom is -0.445 e. The van der Waals surface area contributed by atoms with Gasteiger partial charge in [0.25, 0.3) is 0 Å². The van der Waals surface area contributed by atoms with Crippen molar-refractivity contribution in [3.8, 4) is 12.3 Å². The second-order valence-corrected chi connectivity index (χ2v) is 4.62. The fourth-order valence-electron chi connectivity index (χ4n) is 2.10. The largest absolute Gasteiger partial charge is 0.445 e. The molecule has 1 aromatic rings. The molecular weight excluding hydrogens is 242 g/mol. The number of hydrogen-bond donors (Lipinski definition) is 1. The van der Waals surface area contributed by atoms with Gasteiger partial charge in [0, 0.05) is 12.5 Å². The highest BCUT2D eigenvalue weighted by atomic mass is 16.6. The normalized spacial score (nSPS) is 22.6. The lowest BCUT2D eigenvalue weighted by Gasteiger charge is -2.32. The lowest BCUT2D eigenvalue weighted by molar-refractivity contribution is 0.0292. The van der Waals surface area contributed by atoms with Crippen LogP contribution in [0.1, 0.15) is 12.0 Å². The Bertz CT molecular complexity index is 466. The quantitative estimate of drug-likeness (QED) is 0.821. The first-order valence-electron chi connectivity index (χ1n) is 6.30. The molecule has 1 aliphatic rings. The van der Waals surface area contributed by atoms with Gasteiger partial charge in [-0.3, -0.25) is 0 Å². The van der Waals surface area contributed by atoms with Gasteiger partial charge >= 0.3 is 6.09 Å². The molecule has 4 nitrogen and oxygen atoms in total. The van der Waals surface area contributed by atoms with Crippen molar-refractivity contribution in [1.82, 2.24) is 4.90 Å². The second-order valence-electron chi connectivity index (χ2n) is 4.62. The van der Waals surface area contributed by atoms with Gasteiger partial charge in [0.2, 0.25) is 0 Å². The summed E-state index contributed by atoms with van der Waals surface area (Å²) in [6, 6.07) is 9.49. The maximum absolute atomic E-state index is 11.9. The van der Waals surface area contributed by atoms with Crippen molar-refractivity contribution in [2.24, 2.45) is 5.92 Å². The number of rotatable bonds is 2. The van der Waals surface area contributed by atoms with Gasteiger partial charge in [-0.2, -0.15) is 0 Å². The molecule has 4 heteroatoms. The highest BCUT2D eigenvalue weighted by molar-refractivity contribution is 5.67. The Hall–Kier alpha value is -1.99. The van der Waals surface area contributed by atoms with Gasteiger partial charge in [0.05, 0.1) is 12.6 Å². The summed E-state index contributed by atoms with van der Waals surface area (Å²) in [5.41, 5.74) is 0.940. The zero-order valence-corrected chi connectivity index (χ0v) is 10.7. The summed E-state index contributed by atoms with van der Waals surface area (Å²) >= 11 is 0. The molecule has 1 aromatic carbocycles. The van der Waals surface area contributed by atoms with Crippen LogP contribution in [0.3, 0.4) is 0 Å². The van der Waals surface area contributed by atoms with E-state index in [1.54, 1.807) is 0 Å². The monoisotopic (exact) mass is 259 g/mol. The smallest absolute Gasteiger partial charge is 0.410 e. The number of β-amino-alcohol motifs (C(OH)–C–C–N with tert-alkyl or cyclic N) is 1. The third-order valence-electron chi connectivity index (χ3n) is 3.26. The summed E-state index contributed by atoms with van der Waals surface area (Å²) in [5.74, 6) is 2.37. The van der Waals surface area contributed by atoms with E-state index >= 15 is 0 Å². The molecule has 0 saturated carbocycles. The van der Waals surface area contributed by atoms with Crippen molar-refractivity contribution in [2.75, 3.05) is 13.1 Å². The van der Waals surface area contributed by atoms with Gasteiger partial charge in [0.1, 0.15) is 6.61 Å². The molecule has 0 bridgehead atoms. The summed E-state index contributed by atoms with van der Waals surface area (Å²) in [4.78, 5) is 13.4. The molecule has 1 saturated heterocycles. The number of hydrogen-bond acceptors (Lipinski definition) is 3. The first-order valence-corrected chi connectivity index (χ1v) is 6.30. The van der Waals surface area contributed by atoms with Gasteiger partial charge in [-0.05, 0) is 12.0 Å². The van der Waals surface area contributed by atoms with Gasteiger partial charge in [-0.15, -0.1) is 12.3 Å². The van der Waals surface area contributed by atoms with E-state index in [2.05, 4.69) is 5.92 Å². The number of carbonyl (C=O) groups excluding carboxylic acids is 1. The molecule has 100 valence electrons. The van der Waals surface area contributed by atoms with Crippen LogP contribution in [-0.4, -0.2) is 35.3 Å². The second kappa shape index (κ2) is 6.26. The Labute approximate surface area is 113 Å². The van der Waals surface area contributed by atoms with Crippen LogP contribution >= 0.6 is 0 Å². The average Bonchev–Trinajstić information content (AvgIpc) is 2.45. The fourth-order valence-corrected chi connectivity index (χ4v) is 2.10. The van der Waals surface area contributed by atoms with E-state index in [9.17, 15) is 9.90 Å². The molecule has 1 heterocycles. The van der Waals surface area contributed by atoms with Gasteiger partial charge < -0.3 is 14.7 Å². The van der Waals surface area contributed by atoms with E-state index in [1.807, 2.05) is 30.3 Å². The highest BCUT2D eigenvalue weighted by Gasteiger charge is 2.29. The summed E-state index contributed by atoms with van der Waals surface area (Å²) in [6.07, 6.45) is 4.85.